The van der Waals surface area contributed by atoms with Gasteiger partial charge in [0.25, 0.3) is 0 Å². The molecule has 0 aliphatic carbocycles. The molecule has 0 saturated carbocycles. The number of carbonyl (C=O) groups is 2. The maximum absolute atomic E-state index is 11.9. The number of hydrogen-bond donors (Lipinski definition) is 2. The number of esters is 1. The van der Waals surface area contributed by atoms with Crippen molar-refractivity contribution in [3.05, 3.63) is 41.0 Å². The molecule has 2 aromatic rings. The van der Waals surface area contributed by atoms with Crippen molar-refractivity contribution in [1.29, 1.82) is 0 Å². The van der Waals surface area contributed by atoms with Crippen LogP contribution in [0.1, 0.15) is 17.3 Å². The van der Waals surface area contributed by atoms with E-state index >= 15 is 0 Å². The van der Waals surface area contributed by atoms with Crippen LogP contribution in [0.3, 0.4) is 0 Å². The van der Waals surface area contributed by atoms with E-state index in [9.17, 15) is 9.59 Å². The molecule has 0 radical (unpaired) electrons. The van der Waals surface area contributed by atoms with Gasteiger partial charge in [-0.3, -0.25) is 4.79 Å². The van der Waals surface area contributed by atoms with Crippen LogP contribution >= 0.6 is 23.4 Å². The number of thioether (sulfide) groups is 1. The van der Waals surface area contributed by atoms with E-state index < -0.39 is 5.97 Å². The number of ether oxygens (including phenoxy) is 2. The molecule has 10 heteroatoms. The molecule has 27 heavy (non-hydrogen) atoms. The summed E-state index contributed by atoms with van der Waals surface area (Å²) in [5.41, 5.74) is 5.83. The fourth-order valence-electron chi connectivity index (χ4n) is 1.88. The Bertz CT molecular complexity index is 789. The smallest absolute Gasteiger partial charge is 0.343 e. The van der Waals surface area contributed by atoms with Crippen LogP contribution in [-0.4, -0.2) is 47.4 Å². The molecule has 0 fully saturated rings. The molecule has 1 heterocycles. The first-order chi connectivity index (χ1) is 13.0. The molecule has 144 valence electrons. The van der Waals surface area contributed by atoms with E-state index in [-0.39, 0.29) is 29.6 Å². The molecule has 0 spiro atoms. The summed E-state index contributed by atoms with van der Waals surface area (Å²) >= 11 is 6.90. The Balaban J connectivity index is 1.71. The summed E-state index contributed by atoms with van der Waals surface area (Å²) in [6.45, 7) is 2.61. The highest BCUT2D eigenvalue weighted by atomic mass is 35.5. The van der Waals surface area contributed by atoms with Crippen molar-refractivity contribution in [3.8, 4) is 5.75 Å². The number of amides is 1. The number of halogens is 1. The monoisotopic (exact) mass is 410 g/mol. The van der Waals surface area contributed by atoms with Crippen LogP contribution in [0.5, 0.6) is 5.75 Å². The Hall–Kier alpha value is -2.52. The molecular weight excluding hydrogens is 392 g/mol. The number of aromatic nitrogens is 2. The van der Waals surface area contributed by atoms with Gasteiger partial charge in [0.05, 0.1) is 18.9 Å². The van der Waals surface area contributed by atoms with E-state index in [0.29, 0.717) is 29.1 Å². The van der Waals surface area contributed by atoms with Crippen LogP contribution < -0.4 is 15.8 Å². The number of hydrogen-bond acceptors (Lipinski definition) is 8. The molecule has 0 saturated heterocycles. The lowest BCUT2D eigenvalue weighted by molar-refractivity contribution is -0.118. The Morgan fingerprint density at radius 3 is 2.70 bits per heavy atom. The fraction of sp³-hybridized carbons (Fsp3) is 0.294. The number of carbonyl (C=O) groups excluding carboxylic acids is 2. The summed E-state index contributed by atoms with van der Waals surface area (Å²) in [6, 6.07) is 6.96. The maximum Gasteiger partial charge on any atom is 0.343 e. The lowest BCUT2D eigenvalue weighted by Gasteiger charge is -2.08. The number of rotatable bonds is 9. The molecular formula is C17H19ClN4O4S. The minimum atomic E-state index is -0.579. The molecule has 0 aliphatic heterocycles. The van der Waals surface area contributed by atoms with Crippen molar-refractivity contribution in [2.45, 2.75) is 12.1 Å². The van der Waals surface area contributed by atoms with Crippen LogP contribution in [0.25, 0.3) is 0 Å². The summed E-state index contributed by atoms with van der Waals surface area (Å²) in [6.07, 6.45) is 1.29. The van der Waals surface area contributed by atoms with E-state index in [0.717, 1.165) is 11.8 Å². The molecule has 0 aliphatic rings. The highest BCUT2D eigenvalue weighted by molar-refractivity contribution is 7.99. The third-order valence-electron chi connectivity index (χ3n) is 3.13. The SMILES string of the molecule is CCOC(=O)c1cnc(SCC(=O)NCCOc2ccc(Cl)cc2)nc1N. The Morgan fingerprint density at radius 1 is 1.30 bits per heavy atom. The number of benzene rings is 1. The van der Waals surface area contributed by atoms with Crippen molar-refractivity contribution in [3.63, 3.8) is 0 Å². The van der Waals surface area contributed by atoms with Gasteiger partial charge in [-0.05, 0) is 31.2 Å². The minimum Gasteiger partial charge on any atom is -0.492 e. The van der Waals surface area contributed by atoms with Crippen LogP contribution in [0.2, 0.25) is 5.02 Å². The second-order valence-corrected chi connectivity index (χ2v) is 6.49. The van der Waals surface area contributed by atoms with Crippen molar-refractivity contribution in [2.24, 2.45) is 0 Å². The normalized spacial score (nSPS) is 10.3. The zero-order valence-corrected chi connectivity index (χ0v) is 16.2. The molecule has 1 aromatic heterocycles. The van der Waals surface area contributed by atoms with Gasteiger partial charge in [-0.25, -0.2) is 14.8 Å². The predicted octanol–water partition coefficient (Wildman–Crippen LogP) is 2.18. The molecule has 0 unspecified atom stereocenters. The first-order valence-corrected chi connectivity index (χ1v) is 9.43. The zero-order chi connectivity index (χ0) is 19.6. The molecule has 0 atom stereocenters. The van der Waals surface area contributed by atoms with Gasteiger partial charge >= 0.3 is 5.97 Å². The Morgan fingerprint density at radius 2 is 2.04 bits per heavy atom. The quantitative estimate of drug-likeness (QED) is 0.279. The second kappa shape index (κ2) is 10.6. The summed E-state index contributed by atoms with van der Waals surface area (Å²) < 4.78 is 10.3. The van der Waals surface area contributed by atoms with Crippen LogP contribution in [0.15, 0.2) is 35.6 Å². The lowest BCUT2D eigenvalue weighted by Crippen LogP contribution is -2.29. The standard InChI is InChI=1S/C17H19ClN4O4S/c1-2-25-16(24)13-9-21-17(22-15(13)19)27-10-14(23)20-7-8-26-12-5-3-11(18)4-6-12/h3-6,9H,2,7-8,10H2,1H3,(H,20,23)(H2,19,21,22). The number of nitrogens with two attached hydrogens (primary N) is 1. The lowest BCUT2D eigenvalue weighted by atomic mass is 10.3. The van der Waals surface area contributed by atoms with Gasteiger partial charge in [-0.15, -0.1) is 0 Å². The number of nitrogens with one attached hydrogen (secondary N) is 1. The van der Waals surface area contributed by atoms with E-state index in [4.69, 9.17) is 26.8 Å². The van der Waals surface area contributed by atoms with E-state index in [1.807, 2.05) is 0 Å². The zero-order valence-electron chi connectivity index (χ0n) is 14.6. The molecule has 3 N–H and O–H groups in total. The van der Waals surface area contributed by atoms with Gasteiger partial charge in [0.15, 0.2) is 5.16 Å². The van der Waals surface area contributed by atoms with Crippen molar-refractivity contribution >= 4 is 41.1 Å². The summed E-state index contributed by atoms with van der Waals surface area (Å²) in [4.78, 5) is 31.5. The van der Waals surface area contributed by atoms with Gasteiger partial charge in [0, 0.05) is 11.2 Å². The predicted molar refractivity (Wildman–Crippen MR) is 103 cm³/mol. The van der Waals surface area contributed by atoms with Crippen LogP contribution in [0.4, 0.5) is 5.82 Å². The van der Waals surface area contributed by atoms with Gasteiger partial charge < -0.3 is 20.5 Å². The third-order valence-corrected chi connectivity index (χ3v) is 4.24. The Kier molecular flexibility index (Phi) is 8.15. The minimum absolute atomic E-state index is 0.0164. The summed E-state index contributed by atoms with van der Waals surface area (Å²) in [5, 5.41) is 3.65. The Labute approximate surface area is 165 Å². The van der Waals surface area contributed by atoms with Crippen molar-refractivity contribution < 1.29 is 19.1 Å². The van der Waals surface area contributed by atoms with Gasteiger partial charge in [0.1, 0.15) is 23.7 Å². The van der Waals surface area contributed by atoms with Crippen LogP contribution in [-0.2, 0) is 9.53 Å². The van der Waals surface area contributed by atoms with E-state index in [1.54, 1.807) is 31.2 Å². The summed E-state index contributed by atoms with van der Waals surface area (Å²) in [7, 11) is 0. The second-order valence-electron chi connectivity index (χ2n) is 5.11. The molecule has 1 amide bonds. The first kappa shape index (κ1) is 20.8. The van der Waals surface area contributed by atoms with Gasteiger partial charge in [-0.2, -0.15) is 0 Å². The topological polar surface area (TPSA) is 116 Å². The maximum atomic E-state index is 11.9. The fourth-order valence-corrected chi connectivity index (χ4v) is 2.66. The largest absolute Gasteiger partial charge is 0.492 e. The molecule has 8 nitrogen and oxygen atoms in total. The number of anilines is 1. The highest BCUT2D eigenvalue weighted by Gasteiger charge is 2.14. The number of nitrogens with zero attached hydrogens (tertiary/aromatic N) is 2. The van der Waals surface area contributed by atoms with Crippen LogP contribution in [0, 0.1) is 0 Å². The highest BCUT2D eigenvalue weighted by Crippen LogP contribution is 2.17. The third kappa shape index (κ3) is 6.95. The molecule has 1 aromatic carbocycles. The summed E-state index contributed by atoms with van der Waals surface area (Å²) in [5.74, 6) is 0.0247. The van der Waals surface area contributed by atoms with Gasteiger partial charge in [0.2, 0.25) is 5.91 Å². The molecule has 0 bridgehead atoms. The first-order valence-electron chi connectivity index (χ1n) is 8.07. The van der Waals surface area contributed by atoms with E-state index in [2.05, 4.69) is 15.3 Å². The molecule has 2 rings (SSSR count). The number of nitrogen functional groups attached to an aromatic ring is 1. The average molecular weight is 411 g/mol. The van der Waals surface area contributed by atoms with Crippen molar-refractivity contribution in [1.82, 2.24) is 15.3 Å². The average Bonchev–Trinajstić information content (AvgIpc) is 2.65. The van der Waals surface area contributed by atoms with Crippen molar-refractivity contribution in [2.75, 3.05) is 31.2 Å². The van der Waals surface area contributed by atoms with Gasteiger partial charge in [-0.1, -0.05) is 23.4 Å². The van der Waals surface area contributed by atoms with E-state index in [1.165, 1.54) is 6.20 Å².